The highest BCUT2D eigenvalue weighted by atomic mass is 16.1. The number of nitrogens with one attached hydrogen (secondary N) is 1. The van der Waals surface area contributed by atoms with Crippen molar-refractivity contribution in [2.45, 2.75) is 46.6 Å². The number of para-hydroxylation sites is 1. The van der Waals surface area contributed by atoms with Gasteiger partial charge in [0.1, 0.15) is 17.9 Å². The Morgan fingerprint density at radius 3 is 2.13 bits per heavy atom. The van der Waals surface area contributed by atoms with Crippen LogP contribution in [0.4, 0.5) is 5.82 Å². The van der Waals surface area contributed by atoms with Crippen LogP contribution in [0.5, 0.6) is 0 Å². The van der Waals surface area contributed by atoms with E-state index in [0.717, 1.165) is 48.3 Å². The van der Waals surface area contributed by atoms with E-state index in [1.165, 1.54) is 12.0 Å². The molecule has 3 aromatic rings. The summed E-state index contributed by atoms with van der Waals surface area (Å²) < 4.78 is 0. The number of aldehydes is 1. The maximum Gasteiger partial charge on any atom is 0.145 e. The van der Waals surface area contributed by atoms with E-state index in [-0.39, 0.29) is 0 Å². The van der Waals surface area contributed by atoms with Gasteiger partial charge in [-0.05, 0) is 39.6 Å². The topological polar surface area (TPSA) is 58.1 Å². The zero-order valence-electron chi connectivity index (χ0n) is 19.1. The van der Waals surface area contributed by atoms with Gasteiger partial charge in [0.25, 0.3) is 0 Å². The van der Waals surface area contributed by atoms with E-state index < -0.39 is 0 Å². The van der Waals surface area contributed by atoms with E-state index in [1.54, 1.807) is 0 Å². The van der Waals surface area contributed by atoms with E-state index in [2.05, 4.69) is 52.2 Å². The van der Waals surface area contributed by atoms with Crippen LogP contribution >= 0.6 is 0 Å². The third kappa shape index (κ3) is 10.1. The van der Waals surface area contributed by atoms with Gasteiger partial charge in [0.2, 0.25) is 0 Å². The van der Waals surface area contributed by atoms with Crippen molar-refractivity contribution in [1.29, 1.82) is 0 Å². The molecule has 2 aromatic carbocycles. The van der Waals surface area contributed by atoms with Crippen molar-refractivity contribution in [2.24, 2.45) is 0 Å². The molecule has 0 unspecified atom stereocenters. The molecule has 0 aliphatic rings. The Kier molecular flexibility index (Phi) is 12.7. The summed E-state index contributed by atoms with van der Waals surface area (Å²) in [5.74, 6) is 1.82. The van der Waals surface area contributed by atoms with Gasteiger partial charge in [0.05, 0.1) is 12.1 Å². The third-order valence-electron chi connectivity index (χ3n) is 4.04. The zero-order chi connectivity index (χ0) is 22.2. The van der Waals surface area contributed by atoms with Gasteiger partial charge in [0, 0.05) is 18.4 Å². The lowest BCUT2D eigenvalue weighted by Crippen LogP contribution is -2.15. The molecular formula is C25H36N4O. The highest BCUT2D eigenvalue weighted by molar-refractivity contribution is 5.88. The van der Waals surface area contributed by atoms with Crippen LogP contribution in [0.25, 0.3) is 10.9 Å². The number of benzene rings is 2. The van der Waals surface area contributed by atoms with Crippen LogP contribution in [0, 0.1) is 6.92 Å². The zero-order valence-corrected chi connectivity index (χ0v) is 19.1. The van der Waals surface area contributed by atoms with Crippen molar-refractivity contribution in [3.8, 4) is 0 Å². The van der Waals surface area contributed by atoms with Crippen molar-refractivity contribution < 1.29 is 4.79 Å². The summed E-state index contributed by atoms with van der Waals surface area (Å²) in [5.41, 5.74) is 2.33. The molecular weight excluding hydrogens is 372 g/mol. The Morgan fingerprint density at radius 2 is 1.60 bits per heavy atom. The molecule has 0 aliphatic heterocycles. The van der Waals surface area contributed by atoms with Crippen LogP contribution in [0.15, 0.2) is 54.6 Å². The molecule has 0 bridgehead atoms. The van der Waals surface area contributed by atoms with Gasteiger partial charge in [-0.15, -0.1) is 0 Å². The van der Waals surface area contributed by atoms with Crippen molar-refractivity contribution >= 4 is 23.0 Å². The Balaban J connectivity index is 0.000000336. The van der Waals surface area contributed by atoms with Gasteiger partial charge in [0.15, 0.2) is 0 Å². The largest absolute Gasteiger partial charge is 0.369 e. The predicted octanol–water partition coefficient (Wildman–Crippen LogP) is 5.49. The van der Waals surface area contributed by atoms with E-state index in [9.17, 15) is 4.79 Å². The number of carbonyl (C=O) groups excluding carboxylic acids is 1. The maximum atomic E-state index is 9.17. The van der Waals surface area contributed by atoms with Crippen LogP contribution in [0.2, 0.25) is 0 Å². The lowest BCUT2D eigenvalue weighted by molar-refractivity contribution is -0.107. The van der Waals surface area contributed by atoms with E-state index >= 15 is 0 Å². The van der Waals surface area contributed by atoms with Gasteiger partial charge in [-0.2, -0.15) is 0 Å². The summed E-state index contributed by atoms with van der Waals surface area (Å²) in [6.07, 6.45) is 3.85. The number of rotatable bonds is 7. The highest BCUT2D eigenvalue weighted by Crippen LogP contribution is 2.20. The molecule has 1 heterocycles. The van der Waals surface area contributed by atoms with E-state index in [1.807, 2.05) is 57.4 Å². The first-order chi connectivity index (χ1) is 14.5. The molecule has 162 valence electrons. The fourth-order valence-corrected chi connectivity index (χ4v) is 2.53. The predicted molar refractivity (Wildman–Crippen MR) is 128 cm³/mol. The minimum absolute atomic E-state index is 0.639. The number of unbranched alkanes of at least 4 members (excludes halogenated alkanes) is 1. The van der Waals surface area contributed by atoms with Crippen LogP contribution < -0.4 is 5.32 Å². The summed E-state index contributed by atoms with van der Waals surface area (Å²) in [7, 11) is 4.06. The summed E-state index contributed by atoms with van der Waals surface area (Å²) in [6, 6.07) is 18.4. The lowest BCUT2D eigenvalue weighted by Gasteiger charge is -2.13. The fraction of sp³-hybridized carbons (Fsp3) is 0.400. The Bertz CT molecular complexity index is 850. The molecule has 0 saturated heterocycles. The van der Waals surface area contributed by atoms with Crippen LogP contribution in [-0.4, -0.2) is 41.8 Å². The Morgan fingerprint density at radius 1 is 0.967 bits per heavy atom. The third-order valence-corrected chi connectivity index (χ3v) is 4.04. The standard InChI is InChI=1S/C15H22N4.C7H8.C3H6O/c1-4-5-10-16-15-12-8-6-7-9-13(12)17-14(18-15)11-19(2)3;1-7-5-3-2-4-6-7;1-2-3-4/h6-9H,4-5,10-11H2,1-3H3,(H,16,17,18);2-6H,1H3;3H,2H2,1H3. The van der Waals surface area contributed by atoms with Gasteiger partial charge in [-0.25, -0.2) is 9.97 Å². The maximum absolute atomic E-state index is 9.17. The Hall–Kier alpha value is -2.79. The smallest absolute Gasteiger partial charge is 0.145 e. The fourth-order valence-electron chi connectivity index (χ4n) is 2.53. The second-order valence-corrected chi connectivity index (χ2v) is 7.25. The average molecular weight is 409 g/mol. The van der Waals surface area contributed by atoms with Gasteiger partial charge >= 0.3 is 0 Å². The number of aromatic nitrogens is 2. The second-order valence-electron chi connectivity index (χ2n) is 7.25. The SMILES string of the molecule is CCC=O.CCCCNc1nc(CN(C)C)nc2ccccc12.Cc1ccccc1. The van der Waals surface area contributed by atoms with E-state index in [0.29, 0.717) is 6.42 Å². The number of anilines is 1. The van der Waals surface area contributed by atoms with Crippen LogP contribution in [-0.2, 0) is 11.3 Å². The van der Waals surface area contributed by atoms with Gasteiger partial charge < -0.3 is 15.0 Å². The number of hydrogen-bond acceptors (Lipinski definition) is 5. The molecule has 1 N–H and O–H groups in total. The normalized spacial score (nSPS) is 9.93. The molecule has 1 aromatic heterocycles. The van der Waals surface area contributed by atoms with Crippen molar-refractivity contribution in [3.63, 3.8) is 0 Å². The lowest BCUT2D eigenvalue weighted by atomic mass is 10.2. The molecule has 3 rings (SSSR count). The summed E-state index contributed by atoms with van der Waals surface area (Å²) in [5, 5.41) is 4.53. The van der Waals surface area contributed by atoms with Crippen LogP contribution in [0.3, 0.4) is 0 Å². The first-order valence-corrected chi connectivity index (χ1v) is 10.6. The number of nitrogens with zero attached hydrogens (tertiary/aromatic N) is 3. The molecule has 0 amide bonds. The monoisotopic (exact) mass is 408 g/mol. The molecule has 30 heavy (non-hydrogen) atoms. The number of aryl methyl sites for hydroxylation is 1. The number of fused-ring (bicyclic) bond motifs is 1. The minimum Gasteiger partial charge on any atom is -0.369 e. The van der Waals surface area contributed by atoms with Gasteiger partial charge in [-0.3, -0.25) is 0 Å². The number of hydrogen-bond donors (Lipinski definition) is 1. The number of carbonyl (C=O) groups is 1. The first kappa shape index (κ1) is 25.2. The molecule has 0 saturated carbocycles. The average Bonchev–Trinajstić information content (AvgIpc) is 2.74. The minimum atomic E-state index is 0.639. The molecule has 0 atom stereocenters. The molecule has 5 nitrogen and oxygen atoms in total. The molecule has 5 heteroatoms. The van der Waals surface area contributed by atoms with Gasteiger partial charge in [-0.1, -0.05) is 68.3 Å². The highest BCUT2D eigenvalue weighted by Gasteiger charge is 2.07. The van der Waals surface area contributed by atoms with Crippen LogP contribution in [0.1, 0.15) is 44.5 Å². The second kappa shape index (κ2) is 15.1. The summed E-state index contributed by atoms with van der Waals surface area (Å²) in [6.45, 7) is 7.80. The summed E-state index contributed by atoms with van der Waals surface area (Å²) in [4.78, 5) is 20.5. The van der Waals surface area contributed by atoms with Crippen molar-refractivity contribution in [2.75, 3.05) is 26.0 Å². The quantitative estimate of drug-likeness (QED) is 0.413. The molecule has 0 fully saturated rings. The Labute approximate surface area is 181 Å². The van der Waals surface area contributed by atoms with E-state index in [4.69, 9.17) is 0 Å². The van der Waals surface area contributed by atoms with Crippen molar-refractivity contribution in [3.05, 3.63) is 66.0 Å². The summed E-state index contributed by atoms with van der Waals surface area (Å²) >= 11 is 0. The van der Waals surface area contributed by atoms with Crippen molar-refractivity contribution in [1.82, 2.24) is 14.9 Å². The molecule has 0 radical (unpaired) electrons. The molecule has 0 aliphatic carbocycles. The first-order valence-electron chi connectivity index (χ1n) is 10.6. The molecule has 0 spiro atoms.